The van der Waals surface area contributed by atoms with E-state index in [0.29, 0.717) is 0 Å². The number of nitrogens with zero attached hydrogens (tertiary/aromatic N) is 1. The van der Waals surface area contributed by atoms with Crippen LogP contribution < -0.4 is 5.32 Å². The van der Waals surface area contributed by atoms with E-state index in [4.69, 9.17) is 0 Å². The molecule has 1 amide bonds. The van der Waals surface area contributed by atoms with Gasteiger partial charge in [0, 0.05) is 7.05 Å². The molecule has 1 N–H and O–H groups in total. The normalized spacial score (nSPS) is 12.4. The van der Waals surface area contributed by atoms with Crippen LogP contribution in [-0.4, -0.2) is 42.3 Å². The van der Waals surface area contributed by atoms with Crippen LogP contribution in [0.15, 0.2) is 0 Å². The minimum Gasteiger partial charge on any atom is -0.332 e. The Morgan fingerprint density at radius 3 is 2.00 bits per heavy atom. The first-order valence-corrected chi connectivity index (χ1v) is 4.62. The van der Waals surface area contributed by atoms with Crippen molar-refractivity contribution < 1.29 is 9.59 Å². The fourth-order valence-corrected chi connectivity index (χ4v) is 0.867. The quantitative estimate of drug-likeness (QED) is 0.669. The lowest BCUT2D eigenvalue weighted by Gasteiger charge is -2.36. The van der Waals surface area contributed by atoms with Crippen molar-refractivity contribution in [1.29, 1.82) is 0 Å². The molecule has 0 aliphatic carbocycles. The molecule has 14 heavy (non-hydrogen) atoms. The molecule has 0 rings (SSSR count). The number of hydrogen-bond acceptors (Lipinski definition) is 3. The maximum absolute atomic E-state index is 11.9. The number of aldehydes is 1. The summed E-state index contributed by atoms with van der Waals surface area (Å²) in [6, 6.07) is 0. The minimum atomic E-state index is -0.759. The van der Waals surface area contributed by atoms with Gasteiger partial charge in [0.15, 0.2) is 0 Å². The van der Waals surface area contributed by atoms with Gasteiger partial charge in [0.05, 0.1) is 11.1 Å². The van der Waals surface area contributed by atoms with Crippen molar-refractivity contribution >= 4 is 12.2 Å². The summed E-state index contributed by atoms with van der Waals surface area (Å²) in [6.07, 6.45) is 0.774. The molecule has 4 nitrogen and oxygen atoms in total. The van der Waals surface area contributed by atoms with Crippen LogP contribution >= 0.6 is 0 Å². The van der Waals surface area contributed by atoms with E-state index < -0.39 is 11.1 Å². The molecule has 0 aliphatic rings. The van der Waals surface area contributed by atoms with E-state index in [1.807, 2.05) is 0 Å². The molecule has 0 fully saturated rings. The zero-order valence-corrected chi connectivity index (χ0v) is 9.84. The van der Waals surface area contributed by atoms with Crippen LogP contribution in [0.2, 0.25) is 0 Å². The van der Waals surface area contributed by atoms with Gasteiger partial charge in [-0.05, 0) is 34.7 Å². The summed E-state index contributed by atoms with van der Waals surface area (Å²) in [5.74, 6) is -0.0999. The van der Waals surface area contributed by atoms with Crippen molar-refractivity contribution in [3.8, 4) is 0 Å². The summed E-state index contributed by atoms with van der Waals surface area (Å²) in [7, 11) is 3.36. The fraction of sp³-hybridized carbons (Fsp3) is 0.800. The van der Waals surface area contributed by atoms with Crippen molar-refractivity contribution in [2.75, 3.05) is 14.1 Å². The summed E-state index contributed by atoms with van der Waals surface area (Å²) < 4.78 is 0. The third-order valence-corrected chi connectivity index (χ3v) is 2.62. The molecule has 0 unspecified atom stereocenters. The van der Waals surface area contributed by atoms with Gasteiger partial charge in [-0.2, -0.15) is 0 Å². The molecular weight excluding hydrogens is 180 g/mol. The molecular formula is C10H20N2O2. The molecule has 0 saturated carbocycles. The lowest BCUT2D eigenvalue weighted by Crippen LogP contribution is -2.57. The van der Waals surface area contributed by atoms with E-state index in [1.54, 1.807) is 41.8 Å². The molecule has 0 bridgehead atoms. The fourth-order valence-electron chi connectivity index (χ4n) is 0.867. The molecule has 0 aliphatic heterocycles. The first kappa shape index (κ1) is 13.1. The molecule has 82 valence electrons. The van der Waals surface area contributed by atoms with Crippen molar-refractivity contribution in [1.82, 2.24) is 10.2 Å². The highest BCUT2D eigenvalue weighted by molar-refractivity contribution is 5.88. The number of nitrogens with one attached hydrogen (secondary N) is 1. The molecule has 0 heterocycles. The third-order valence-electron chi connectivity index (χ3n) is 2.62. The van der Waals surface area contributed by atoms with Crippen LogP contribution in [0.4, 0.5) is 0 Å². The number of likely N-dealkylation sites (N-methyl/N-ethyl adjacent to an activating group) is 2. The topological polar surface area (TPSA) is 49.4 Å². The number of carbonyl (C=O) groups excluding carboxylic acids is 2. The molecule has 0 aromatic rings. The molecule has 0 spiro atoms. The number of hydrogen-bond donors (Lipinski definition) is 1. The Morgan fingerprint density at radius 1 is 1.29 bits per heavy atom. The summed E-state index contributed by atoms with van der Waals surface area (Å²) in [5.41, 5.74) is -1.40. The average molecular weight is 200 g/mol. The summed E-state index contributed by atoms with van der Waals surface area (Å²) in [5, 5.41) is 2.91. The Labute approximate surface area is 85.7 Å². The van der Waals surface area contributed by atoms with Crippen molar-refractivity contribution in [2.24, 2.45) is 0 Å². The van der Waals surface area contributed by atoms with Gasteiger partial charge in [-0.1, -0.05) is 0 Å². The van der Waals surface area contributed by atoms with E-state index >= 15 is 0 Å². The molecule has 0 atom stereocenters. The second-order valence-corrected chi connectivity index (χ2v) is 4.51. The lowest BCUT2D eigenvalue weighted by molar-refractivity contribution is -0.143. The van der Waals surface area contributed by atoms with Crippen LogP contribution in [0, 0.1) is 0 Å². The van der Waals surface area contributed by atoms with Gasteiger partial charge >= 0.3 is 0 Å². The Bertz CT molecular complexity index is 234. The van der Waals surface area contributed by atoms with Crippen molar-refractivity contribution in [3.63, 3.8) is 0 Å². The summed E-state index contributed by atoms with van der Waals surface area (Å²) in [4.78, 5) is 24.1. The second kappa shape index (κ2) is 4.09. The van der Waals surface area contributed by atoms with E-state index in [1.165, 1.54) is 4.90 Å². The van der Waals surface area contributed by atoms with Gasteiger partial charge in [-0.3, -0.25) is 4.79 Å². The maximum Gasteiger partial charge on any atom is 0.242 e. The number of rotatable bonds is 4. The SMILES string of the molecule is CNC(C)(C)C(=O)N(C)C(C)(C)C=O. The number of carbonyl (C=O) groups is 2. The summed E-state index contributed by atoms with van der Waals surface area (Å²) in [6.45, 7) is 6.99. The monoisotopic (exact) mass is 200 g/mol. The van der Waals surface area contributed by atoms with Crippen LogP contribution in [0.5, 0.6) is 0 Å². The predicted octanol–water partition coefficient (Wildman–Crippen LogP) is 0.420. The van der Waals surface area contributed by atoms with Crippen LogP contribution in [-0.2, 0) is 9.59 Å². The highest BCUT2D eigenvalue weighted by Gasteiger charge is 2.35. The second-order valence-electron chi connectivity index (χ2n) is 4.51. The zero-order valence-electron chi connectivity index (χ0n) is 9.84. The van der Waals surface area contributed by atoms with Gasteiger partial charge in [0.1, 0.15) is 6.29 Å². The molecule has 0 saturated heterocycles. The van der Waals surface area contributed by atoms with Crippen molar-refractivity contribution in [2.45, 2.75) is 38.8 Å². The predicted molar refractivity (Wildman–Crippen MR) is 56.1 cm³/mol. The summed E-state index contributed by atoms with van der Waals surface area (Å²) >= 11 is 0. The van der Waals surface area contributed by atoms with E-state index in [9.17, 15) is 9.59 Å². The largest absolute Gasteiger partial charge is 0.332 e. The Morgan fingerprint density at radius 2 is 1.71 bits per heavy atom. The third kappa shape index (κ3) is 2.54. The average Bonchev–Trinajstić information content (AvgIpc) is 2.15. The van der Waals surface area contributed by atoms with Crippen molar-refractivity contribution in [3.05, 3.63) is 0 Å². The molecule has 0 radical (unpaired) electrons. The Kier molecular flexibility index (Phi) is 3.82. The van der Waals surface area contributed by atoms with Gasteiger partial charge in [0.25, 0.3) is 0 Å². The van der Waals surface area contributed by atoms with Crippen LogP contribution in [0.3, 0.4) is 0 Å². The van der Waals surface area contributed by atoms with E-state index in [0.717, 1.165) is 6.29 Å². The Balaban J connectivity index is 4.80. The van der Waals surface area contributed by atoms with Crippen LogP contribution in [0.1, 0.15) is 27.7 Å². The molecule has 0 aromatic carbocycles. The van der Waals surface area contributed by atoms with Gasteiger partial charge in [-0.25, -0.2) is 0 Å². The first-order valence-electron chi connectivity index (χ1n) is 4.62. The van der Waals surface area contributed by atoms with Gasteiger partial charge < -0.3 is 15.0 Å². The highest BCUT2D eigenvalue weighted by Crippen LogP contribution is 2.14. The van der Waals surface area contributed by atoms with E-state index in [-0.39, 0.29) is 5.91 Å². The standard InChI is InChI=1S/C10H20N2O2/c1-9(2,7-13)12(6)8(14)10(3,4)11-5/h7,11H,1-6H3. The number of amides is 1. The maximum atomic E-state index is 11.9. The lowest BCUT2D eigenvalue weighted by atomic mass is 9.99. The Hall–Kier alpha value is -0.900. The van der Waals surface area contributed by atoms with Gasteiger partial charge in [0.2, 0.25) is 5.91 Å². The molecule has 0 aromatic heterocycles. The smallest absolute Gasteiger partial charge is 0.242 e. The highest BCUT2D eigenvalue weighted by atomic mass is 16.2. The van der Waals surface area contributed by atoms with Gasteiger partial charge in [-0.15, -0.1) is 0 Å². The first-order chi connectivity index (χ1) is 6.19. The minimum absolute atomic E-state index is 0.0999. The van der Waals surface area contributed by atoms with Crippen LogP contribution in [0.25, 0.3) is 0 Å². The zero-order chi connectivity index (χ0) is 11.6. The van der Waals surface area contributed by atoms with E-state index in [2.05, 4.69) is 5.32 Å². The molecule has 4 heteroatoms.